The third kappa shape index (κ3) is 14.2. The van der Waals surface area contributed by atoms with E-state index in [0.717, 1.165) is 67.6 Å². The molecule has 0 N–H and O–H groups in total. The molecular weight excluding hydrogens is 625 g/mol. The standard InChI is InChI=1S/C43H54O5Si/c1-4-5-6-7-10-13-35-14-19-37(20-15-35)38-21-27-41(28-22-38)48-42-29-23-39(24-30-42)43(44)31-18-36-16-25-40(26-17-36)47-33-12-9-8-11-32-46-34-49(3)45-2/h14-31,49H,4-13,32-34H2,1-3H3/b31-18+. The molecule has 6 heteroatoms. The van der Waals surface area contributed by atoms with E-state index in [-0.39, 0.29) is 5.78 Å². The Bertz CT molecular complexity index is 1510. The van der Waals surface area contributed by atoms with Gasteiger partial charge in [0.2, 0.25) is 0 Å². The van der Waals surface area contributed by atoms with Crippen LogP contribution in [0.25, 0.3) is 17.2 Å². The van der Waals surface area contributed by atoms with Gasteiger partial charge in [0.1, 0.15) is 17.2 Å². The van der Waals surface area contributed by atoms with Crippen LogP contribution in [0, 0.1) is 0 Å². The highest BCUT2D eigenvalue weighted by Crippen LogP contribution is 2.27. The molecule has 0 saturated carbocycles. The van der Waals surface area contributed by atoms with Gasteiger partial charge in [0.15, 0.2) is 14.8 Å². The fourth-order valence-corrected chi connectivity index (χ4v) is 6.08. The van der Waals surface area contributed by atoms with Gasteiger partial charge in [-0.05, 0) is 116 Å². The summed E-state index contributed by atoms with van der Waals surface area (Å²) < 4.78 is 22.9. The molecule has 0 aliphatic heterocycles. The maximum absolute atomic E-state index is 12.8. The fourth-order valence-electron chi connectivity index (χ4n) is 5.45. The summed E-state index contributed by atoms with van der Waals surface area (Å²) in [5.41, 5.74) is 5.33. The molecule has 1 unspecified atom stereocenters. The van der Waals surface area contributed by atoms with E-state index in [1.54, 1.807) is 25.3 Å². The first-order chi connectivity index (χ1) is 24.0. The summed E-state index contributed by atoms with van der Waals surface area (Å²) >= 11 is 0. The van der Waals surface area contributed by atoms with E-state index in [4.69, 9.17) is 18.6 Å². The van der Waals surface area contributed by atoms with Gasteiger partial charge in [0.25, 0.3) is 0 Å². The van der Waals surface area contributed by atoms with Crippen molar-refractivity contribution in [1.29, 1.82) is 0 Å². The topological polar surface area (TPSA) is 54.0 Å². The average molecular weight is 679 g/mol. The summed E-state index contributed by atoms with van der Waals surface area (Å²) in [4.78, 5) is 12.8. The number of aryl methyl sites for hydroxylation is 1. The number of unbranched alkanes of at least 4 members (excludes halogenated alkanes) is 7. The molecule has 0 aliphatic carbocycles. The Balaban J connectivity index is 1.15. The zero-order chi connectivity index (χ0) is 34.5. The number of benzene rings is 4. The van der Waals surface area contributed by atoms with Crippen molar-refractivity contribution in [2.45, 2.75) is 77.7 Å². The van der Waals surface area contributed by atoms with Gasteiger partial charge < -0.3 is 18.6 Å². The Labute approximate surface area is 296 Å². The molecule has 0 amide bonds. The van der Waals surface area contributed by atoms with E-state index >= 15 is 0 Å². The lowest BCUT2D eigenvalue weighted by atomic mass is 10.0. The van der Waals surface area contributed by atoms with E-state index in [1.165, 1.54) is 43.2 Å². The molecule has 0 heterocycles. The number of rotatable bonds is 23. The smallest absolute Gasteiger partial charge is 0.198 e. The van der Waals surface area contributed by atoms with Gasteiger partial charge in [-0.3, -0.25) is 4.79 Å². The number of ether oxygens (including phenoxy) is 3. The number of allylic oxidation sites excluding steroid dienone is 1. The number of carbonyl (C=O) groups excluding carboxylic acids is 1. The highest BCUT2D eigenvalue weighted by Gasteiger charge is 2.06. The monoisotopic (exact) mass is 678 g/mol. The van der Waals surface area contributed by atoms with Gasteiger partial charge in [-0.25, -0.2) is 0 Å². The lowest BCUT2D eigenvalue weighted by Gasteiger charge is -2.09. The van der Waals surface area contributed by atoms with Gasteiger partial charge in [-0.1, -0.05) is 93.6 Å². The van der Waals surface area contributed by atoms with Crippen LogP contribution in [0.3, 0.4) is 0 Å². The van der Waals surface area contributed by atoms with Crippen molar-refractivity contribution in [2.75, 3.05) is 26.6 Å². The van der Waals surface area contributed by atoms with Gasteiger partial charge in [-0.2, -0.15) is 0 Å². The summed E-state index contributed by atoms with van der Waals surface area (Å²) in [5.74, 6) is 2.23. The minimum absolute atomic E-state index is 0.0561. The average Bonchev–Trinajstić information content (AvgIpc) is 3.14. The van der Waals surface area contributed by atoms with Crippen LogP contribution in [0.2, 0.25) is 6.55 Å². The quantitative estimate of drug-likeness (QED) is 0.0338. The van der Waals surface area contributed by atoms with Crippen LogP contribution in [-0.4, -0.2) is 41.4 Å². The summed E-state index contributed by atoms with van der Waals surface area (Å²) in [7, 11) is 0.657. The van der Waals surface area contributed by atoms with Crippen molar-refractivity contribution >= 4 is 20.9 Å². The van der Waals surface area contributed by atoms with E-state index in [1.807, 2.05) is 54.6 Å². The predicted molar refractivity (Wildman–Crippen MR) is 205 cm³/mol. The van der Waals surface area contributed by atoms with Crippen molar-refractivity contribution in [1.82, 2.24) is 0 Å². The molecule has 49 heavy (non-hydrogen) atoms. The Morgan fingerprint density at radius 3 is 1.88 bits per heavy atom. The SMILES string of the molecule is CCCCCCCc1ccc(-c2ccc(Oc3ccc(C(=O)/C=C/c4ccc(OCCCCCCOC[SiH](C)OC)cc4)cc3)cc2)cc1. The number of hydrogen-bond donors (Lipinski definition) is 0. The predicted octanol–water partition coefficient (Wildman–Crippen LogP) is 11.0. The third-order valence-corrected chi connectivity index (χ3v) is 10.1. The van der Waals surface area contributed by atoms with Crippen LogP contribution >= 0.6 is 0 Å². The van der Waals surface area contributed by atoms with Crippen LogP contribution in [0.1, 0.15) is 86.2 Å². The summed E-state index contributed by atoms with van der Waals surface area (Å²) in [6.07, 6.45) is 16.3. The van der Waals surface area contributed by atoms with Crippen molar-refractivity contribution in [3.63, 3.8) is 0 Å². The molecular formula is C43H54O5Si. The minimum atomic E-state index is -1.11. The highest BCUT2D eigenvalue weighted by molar-refractivity contribution is 6.49. The van der Waals surface area contributed by atoms with Crippen LogP contribution in [0.4, 0.5) is 0 Å². The molecule has 0 aliphatic rings. The second-order valence-electron chi connectivity index (χ2n) is 12.7. The summed E-state index contributed by atoms with van der Waals surface area (Å²) in [6.45, 7) is 5.91. The van der Waals surface area contributed by atoms with E-state index in [2.05, 4.69) is 49.9 Å². The number of carbonyl (C=O) groups is 1. The van der Waals surface area contributed by atoms with Crippen LogP contribution in [0.15, 0.2) is 103 Å². The van der Waals surface area contributed by atoms with Crippen molar-refractivity contribution < 1.29 is 23.4 Å². The molecule has 4 rings (SSSR count). The first kappa shape index (κ1) is 37.8. The summed E-state index contributed by atoms with van der Waals surface area (Å²) in [6, 6.07) is 32.2. The minimum Gasteiger partial charge on any atom is -0.494 e. The summed E-state index contributed by atoms with van der Waals surface area (Å²) in [5, 5.41) is 0. The van der Waals surface area contributed by atoms with Crippen LogP contribution < -0.4 is 9.47 Å². The van der Waals surface area contributed by atoms with Gasteiger partial charge in [-0.15, -0.1) is 0 Å². The first-order valence-corrected chi connectivity index (χ1v) is 20.5. The lowest BCUT2D eigenvalue weighted by Crippen LogP contribution is -2.19. The Kier molecular flexibility index (Phi) is 16.9. The molecule has 260 valence electrons. The number of hydrogen-bond acceptors (Lipinski definition) is 5. The number of ketones is 1. The Morgan fingerprint density at radius 2 is 1.22 bits per heavy atom. The normalized spacial score (nSPS) is 11.9. The molecule has 0 spiro atoms. The molecule has 0 saturated heterocycles. The molecule has 0 fully saturated rings. The third-order valence-electron chi connectivity index (χ3n) is 8.60. The zero-order valence-corrected chi connectivity index (χ0v) is 30.9. The maximum atomic E-state index is 12.8. The molecule has 0 bridgehead atoms. The second kappa shape index (κ2) is 21.9. The van der Waals surface area contributed by atoms with E-state index < -0.39 is 9.04 Å². The molecule has 4 aromatic carbocycles. The van der Waals surface area contributed by atoms with Crippen molar-refractivity contribution in [2.24, 2.45) is 0 Å². The van der Waals surface area contributed by atoms with E-state index in [9.17, 15) is 4.79 Å². The van der Waals surface area contributed by atoms with E-state index in [0.29, 0.717) is 17.9 Å². The Morgan fingerprint density at radius 1 is 0.653 bits per heavy atom. The fraction of sp³-hybridized carbons (Fsp3) is 0.372. The molecule has 1 atom stereocenters. The van der Waals surface area contributed by atoms with Gasteiger partial charge in [0, 0.05) is 19.3 Å². The van der Waals surface area contributed by atoms with Gasteiger partial charge in [0.05, 0.1) is 12.8 Å². The molecule has 5 nitrogen and oxygen atoms in total. The van der Waals surface area contributed by atoms with Crippen LogP contribution in [-0.2, 0) is 15.6 Å². The van der Waals surface area contributed by atoms with Crippen molar-refractivity contribution in [3.8, 4) is 28.4 Å². The van der Waals surface area contributed by atoms with Gasteiger partial charge >= 0.3 is 0 Å². The largest absolute Gasteiger partial charge is 0.494 e. The molecule has 0 radical (unpaired) electrons. The highest BCUT2D eigenvalue weighted by atomic mass is 28.3. The second-order valence-corrected chi connectivity index (χ2v) is 15.1. The molecule has 4 aromatic rings. The first-order valence-electron chi connectivity index (χ1n) is 18.1. The maximum Gasteiger partial charge on any atom is 0.198 e. The zero-order valence-electron chi connectivity index (χ0n) is 29.7. The lowest BCUT2D eigenvalue weighted by molar-refractivity contribution is 0.104. The Hall–Kier alpha value is -3.97. The van der Waals surface area contributed by atoms with Crippen molar-refractivity contribution in [3.05, 3.63) is 120 Å². The van der Waals surface area contributed by atoms with Crippen LogP contribution in [0.5, 0.6) is 17.2 Å². The molecule has 0 aromatic heterocycles.